The molecule has 1 N–H and O–H groups in total. The standard InChI is InChI=1S/C10H11ClF2N2O2/c1-10(2,3)17-9(16)15-8-6(12)4-5(11)7(13)14-8/h4H,1-3H3,(H,14,15,16). The fourth-order valence-corrected chi connectivity index (χ4v) is 1.07. The zero-order chi connectivity index (χ0) is 13.2. The quantitative estimate of drug-likeness (QED) is 0.791. The summed E-state index contributed by atoms with van der Waals surface area (Å²) in [6, 6.07) is 0.719. The summed E-state index contributed by atoms with van der Waals surface area (Å²) >= 11 is 5.31. The number of rotatable bonds is 1. The van der Waals surface area contributed by atoms with Crippen molar-refractivity contribution >= 4 is 23.5 Å². The highest BCUT2D eigenvalue weighted by molar-refractivity contribution is 6.30. The van der Waals surface area contributed by atoms with E-state index in [0.29, 0.717) is 0 Å². The molecule has 0 atom stereocenters. The summed E-state index contributed by atoms with van der Waals surface area (Å²) in [5.41, 5.74) is -0.745. The van der Waals surface area contributed by atoms with Crippen molar-refractivity contribution in [3.05, 3.63) is 22.9 Å². The van der Waals surface area contributed by atoms with Crippen molar-refractivity contribution in [2.75, 3.05) is 5.32 Å². The molecule has 0 saturated carbocycles. The van der Waals surface area contributed by atoms with Crippen molar-refractivity contribution < 1.29 is 18.3 Å². The maximum Gasteiger partial charge on any atom is 0.413 e. The smallest absolute Gasteiger partial charge is 0.413 e. The summed E-state index contributed by atoms with van der Waals surface area (Å²) in [5.74, 6) is -2.58. The number of halogens is 3. The van der Waals surface area contributed by atoms with Gasteiger partial charge in [-0.25, -0.2) is 9.18 Å². The zero-order valence-electron chi connectivity index (χ0n) is 9.47. The normalized spacial score (nSPS) is 11.2. The van der Waals surface area contributed by atoms with Crippen LogP contribution >= 0.6 is 11.6 Å². The summed E-state index contributed by atoms with van der Waals surface area (Å²) in [7, 11) is 0. The van der Waals surface area contributed by atoms with Crippen LogP contribution in [0.2, 0.25) is 5.02 Å². The molecule has 0 unspecified atom stereocenters. The highest BCUT2D eigenvalue weighted by atomic mass is 35.5. The van der Waals surface area contributed by atoms with E-state index in [1.807, 2.05) is 5.32 Å². The van der Waals surface area contributed by atoms with E-state index in [-0.39, 0.29) is 0 Å². The minimum absolute atomic E-state index is 0.461. The number of aromatic nitrogens is 1. The molecule has 0 aliphatic heterocycles. The number of carbonyl (C=O) groups is 1. The van der Waals surface area contributed by atoms with Crippen molar-refractivity contribution in [2.45, 2.75) is 26.4 Å². The van der Waals surface area contributed by atoms with Gasteiger partial charge in [0.15, 0.2) is 11.6 Å². The van der Waals surface area contributed by atoms with Gasteiger partial charge in [-0.05, 0) is 20.8 Å². The Bertz CT molecular complexity index is 447. The Labute approximate surface area is 102 Å². The lowest BCUT2D eigenvalue weighted by atomic mass is 10.2. The maximum atomic E-state index is 13.2. The molecule has 4 nitrogen and oxygen atoms in total. The molecule has 0 aromatic carbocycles. The molecule has 1 aromatic rings. The van der Waals surface area contributed by atoms with E-state index >= 15 is 0 Å². The van der Waals surface area contributed by atoms with Gasteiger partial charge in [0.25, 0.3) is 0 Å². The van der Waals surface area contributed by atoms with Crippen LogP contribution in [-0.4, -0.2) is 16.7 Å². The number of hydrogen-bond donors (Lipinski definition) is 1. The Morgan fingerprint density at radius 3 is 2.59 bits per heavy atom. The third-order valence-corrected chi connectivity index (χ3v) is 1.77. The van der Waals surface area contributed by atoms with Gasteiger partial charge in [-0.2, -0.15) is 9.37 Å². The number of carbonyl (C=O) groups excluding carboxylic acids is 1. The van der Waals surface area contributed by atoms with Crippen LogP contribution in [0.3, 0.4) is 0 Å². The molecule has 0 bridgehead atoms. The van der Waals surface area contributed by atoms with Crippen LogP contribution in [0, 0.1) is 11.8 Å². The average Bonchev–Trinajstić information content (AvgIpc) is 2.11. The lowest BCUT2D eigenvalue weighted by Gasteiger charge is -2.19. The van der Waals surface area contributed by atoms with E-state index in [1.54, 1.807) is 20.8 Å². The Hall–Kier alpha value is -1.43. The predicted octanol–water partition coefficient (Wildman–Crippen LogP) is 3.36. The molecule has 0 radical (unpaired) electrons. The molecule has 0 aliphatic carbocycles. The van der Waals surface area contributed by atoms with Crippen LogP contribution in [0.25, 0.3) is 0 Å². The summed E-state index contributed by atoms with van der Waals surface area (Å²) < 4.78 is 31.0. The van der Waals surface area contributed by atoms with E-state index in [1.165, 1.54) is 0 Å². The molecule has 0 saturated heterocycles. The lowest BCUT2D eigenvalue weighted by molar-refractivity contribution is 0.0634. The van der Waals surface area contributed by atoms with Crippen LogP contribution in [0.1, 0.15) is 20.8 Å². The predicted molar refractivity (Wildman–Crippen MR) is 59.0 cm³/mol. The second-order valence-electron chi connectivity index (χ2n) is 4.22. The molecular formula is C10H11ClF2N2O2. The van der Waals surface area contributed by atoms with Gasteiger partial charge < -0.3 is 4.74 Å². The molecule has 17 heavy (non-hydrogen) atoms. The van der Waals surface area contributed by atoms with Gasteiger partial charge in [-0.3, -0.25) is 5.32 Å². The molecule has 7 heteroatoms. The lowest BCUT2D eigenvalue weighted by Crippen LogP contribution is -2.27. The molecule has 1 rings (SSSR count). The molecule has 1 heterocycles. The SMILES string of the molecule is CC(C)(C)OC(=O)Nc1nc(F)c(Cl)cc1F. The van der Waals surface area contributed by atoms with E-state index in [0.717, 1.165) is 6.07 Å². The third-order valence-electron chi connectivity index (χ3n) is 1.51. The largest absolute Gasteiger partial charge is 0.444 e. The Morgan fingerprint density at radius 1 is 1.47 bits per heavy atom. The average molecular weight is 265 g/mol. The molecular weight excluding hydrogens is 254 g/mol. The topological polar surface area (TPSA) is 51.2 Å². The first kappa shape index (κ1) is 13.6. The molecule has 0 fully saturated rings. The number of amides is 1. The van der Waals surface area contributed by atoms with Gasteiger partial charge in [-0.1, -0.05) is 11.6 Å². The Kier molecular flexibility index (Phi) is 3.87. The second-order valence-corrected chi connectivity index (χ2v) is 4.63. The first-order chi connectivity index (χ1) is 7.69. The highest BCUT2D eigenvalue weighted by Gasteiger charge is 2.19. The third kappa shape index (κ3) is 4.14. The number of anilines is 1. The van der Waals surface area contributed by atoms with Crippen LogP contribution in [-0.2, 0) is 4.74 Å². The molecule has 0 aliphatic rings. The Morgan fingerprint density at radius 2 is 2.06 bits per heavy atom. The van der Waals surface area contributed by atoms with Crippen molar-refractivity contribution in [3.63, 3.8) is 0 Å². The van der Waals surface area contributed by atoms with Crippen molar-refractivity contribution in [2.24, 2.45) is 0 Å². The Balaban J connectivity index is 2.82. The number of pyridine rings is 1. The monoisotopic (exact) mass is 264 g/mol. The van der Waals surface area contributed by atoms with Gasteiger partial charge in [0.05, 0.1) is 5.02 Å². The first-order valence-corrected chi connectivity index (χ1v) is 5.08. The van der Waals surface area contributed by atoms with E-state index in [4.69, 9.17) is 16.3 Å². The molecule has 1 aromatic heterocycles. The van der Waals surface area contributed by atoms with Crippen molar-refractivity contribution in [1.29, 1.82) is 0 Å². The summed E-state index contributed by atoms with van der Waals surface area (Å²) in [6.07, 6.45) is -0.925. The summed E-state index contributed by atoms with van der Waals surface area (Å²) in [6.45, 7) is 4.91. The number of ether oxygens (including phenoxy) is 1. The number of nitrogens with one attached hydrogen (secondary N) is 1. The van der Waals surface area contributed by atoms with Crippen molar-refractivity contribution in [3.8, 4) is 0 Å². The van der Waals surface area contributed by atoms with Crippen LogP contribution in [0.4, 0.5) is 19.4 Å². The fraction of sp³-hybridized carbons (Fsp3) is 0.400. The molecule has 94 valence electrons. The van der Waals surface area contributed by atoms with E-state index in [2.05, 4.69) is 4.98 Å². The van der Waals surface area contributed by atoms with Gasteiger partial charge in [-0.15, -0.1) is 0 Å². The van der Waals surface area contributed by atoms with Gasteiger partial charge in [0.2, 0.25) is 5.95 Å². The van der Waals surface area contributed by atoms with Crippen molar-refractivity contribution in [1.82, 2.24) is 4.98 Å². The second kappa shape index (κ2) is 4.83. The van der Waals surface area contributed by atoms with Gasteiger partial charge in [0.1, 0.15) is 5.60 Å². The van der Waals surface area contributed by atoms with Crippen LogP contribution in [0.15, 0.2) is 6.07 Å². The molecule has 1 amide bonds. The molecule has 0 spiro atoms. The van der Waals surface area contributed by atoms with Gasteiger partial charge in [0, 0.05) is 6.07 Å². The van der Waals surface area contributed by atoms with Crippen LogP contribution in [0.5, 0.6) is 0 Å². The zero-order valence-corrected chi connectivity index (χ0v) is 10.2. The fourth-order valence-electron chi connectivity index (χ4n) is 0.932. The maximum absolute atomic E-state index is 13.2. The highest BCUT2D eigenvalue weighted by Crippen LogP contribution is 2.19. The van der Waals surface area contributed by atoms with E-state index < -0.39 is 34.3 Å². The summed E-state index contributed by atoms with van der Waals surface area (Å²) in [4.78, 5) is 14.4. The van der Waals surface area contributed by atoms with Gasteiger partial charge >= 0.3 is 6.09 Å². The van der Waals surface area contributed by atoms with Crippen LogP contribution < -0.4 is 5.32 Å². The van der Waals surface area contributed by atoms with E-state index in [9.17, 15) is 13.6 Å². The first-order valence-electron chi connectivity index (χ1n) is 4.70. The minimum atomic E-state index is -1.07. The minimum Gasteiger partial charge on any atom is -0.444 e. The number of nitrogens with zero attached hydrogens (tertiary/aromatic N) is 1. The summed E-state index contributed by atoms with van der Waals surface area (Å²) in [5, 5.41) is 1.53. The number of hydrogen-bond acceptors (Lipinski definition) is 3.